The van der Waals surface area contributed by atoms with Crippen molar-refractivity contribution in [1.29, 1.82) is 0 Å². The summed E-state index contributed by atoms with van der Waals surface area (Å²) in [6.07, 6.45) is 2.54. The summed E-state index contributed by atoms with van der Waals surface area (Å²) in [5, 5.41) is 7.72. The molecule has 6 heteroatoms. The van der Waals surface area contributed by atoms with Gasteiger partial charge in [-0.25, -0.2) is 0 Å². The van der Waals surface area contributed by atoms with Gasteiger partial charge in [0, 0.05) is 12.2 Å². The first-order chi connectivity index (χ1) is 9.31. The number of nitrogens with one attached hydrogen (secondary N) is 1. The molecule has 0 spiro atoms. The molecule has 1 rings (SSSR count). The van der Waals surface area contributed by atoms with Gasteiger partial charge in [0.25, 0.3) is 0 Å². The highest BCUT2D eigenvalue weighted by atomic mass is 79.9. The lowest BCUT2D eigenvalue weighted by molar-refractivity contribution is -0.124. The van der Waals surface area contributed by atoms with Gasteiger partial charge in [-0.3, -0.25) is 9.48 Å². The second-order valence-corrected chi connectivity index (χ2v) is 6.23. The molecule has 0 aliphatic carbocycles. The summed E-state index contributed by atoms with van der Waals surface area (Å²) in [5.41, 5.74) is 6.99. The maximum absolute atomic E-state index is 11.6. The van der Waals surface area contributed by atoms with Crippen LogP contribution in [0.5, 0.6) is 0 Å². The zero-order chi connectivity index (χ0) is 15.3. The van der Waals surface area contributed by atoms with Crippen LogP contribution in [0.3, 0.4) is 0 Å². The molecule has 1 aromatic rings. The van der Waals surface area contributed by atoms with Gasteiger partial charge < -0.3 is 11.1 Å². The fourth-order valence-corrected chi connectivity index (χ4v) is 2.46. The number of carbonyl (C=O) groups is 1. The summed E-state index contributed by atoms with van der Waals surface area (Å²) in [6.45, 7) is 9.54. The first kappa shape index (κ1) is 17.2. The van der Waals surface area contributed by atoms with Gasteiger partial charge in [0.2, 0.25) is 5.91 Å². The fraction of sp³-hybridized carbons (Fsp3) is 0.714. The Morgan fingerprint density at radius 2 is 2.15 bits per heavy atom. The van der Waals surface area contributed by atoms with E-state index in [-0.39, 0.29) is 5.91 Å². The largest absolute Gasteiger partial charge is 0.368 e. The number of aromatic nitrogens is 2. The Morgan fingerprint density at radius 3 is 2.60 bits per heavy atom. The van der Waals surface area contributed by atoms with Crippen molar-refractivity contribution in [1.82, 2.24) is 15.1 Å². The quantitative estimate of drug-likeness (QED) is 0.759. The van der Waals surface area contributed by atoms with Crippen LogP contribution in [0.2, 0.25) is 0 Å². The van der Waals surface area contributed by atoms with Gasteiger partial charge in [-0.1, -0.05) is 6.92 Å². The van der Waals surface area contributed by atoms with E-state index in [1.807, 2.05) is 25.5 Å². The monoisotopic (exact) mass is 344 g/mol. The van der Waals surface area contributed by atoms with Crippen molar-refractivity contribution in [3.63, 3.8) is 0 Å². The lowest BCUT2D eigenvalue weighted by Crippen LogP contribution is -2.53. The molecule has 1 unspecified atom stereocenters. The topological polar surface area (TPSA) is 72.9 Å². The second-order valence-electron chi connectivity index (χ2n) is 5.43. The van der Waals surface area contributed by atoms with Crippen molar-refractivity contribution >= 4 is 21.8 Å². The highest BCUT2D eigenvalue weighted by Gasteiger charge is 2.29. The van der Waals surface area contributed by atoms with Crippen LogP contribution in [0.1, 0.15) is 44.5 Å². The summed E-state index contributed by atoms with van der Waals surface area (Å²) in [5.74, 6) is -0.291. The van der Waals surface area contributed by atoms with E-state index in [1.165, 1.54) is 0 Å². The van der Waals surface area contributed by atoms with E-state index in [1.54, 1.807) is 0 Å². The summed E-state index contributed by atoms with van der Waals surface area (Å²) < 4.78 is 3.03. The molecule has 1 atom stereocenters. The van der Waals surface area contributed by atoms with E-state index in [2.05, 4.69) is 33.3 Å². The third kappa shape index (κ3) is 4.06. The van der Waals surface area contributed by atoms with Crippen molar-refractivity contribution in [2.45, 2.75) is 59.0 Å². The average Bonchev–Trinajstić information content (AvgIpc) is 2.64. The summed E-state index contributed by atoms with van der Waals surface area (Å²) in [7, 11) is 0. The third-order valence-corrected chi connectivity index (χ3v) is 4.80. The lowest BCUT2D eigenvalue weighted by atomic mass is 9.94. The molecule has 20 heavy (non-hydrogen) atoms. The van der Waals surface area contributed by atoms with E-state index in [4.69, 9.17) is 5.73 Å². The maximum Gasteiger partial charge on any atom is 0.237 e. The van der Waals surface area contributed by atoms with Gasteiger partial charge >= 0.3 is 0 Å². The van der Waals surface area contributed by atoms with E-state index >= 15 is 0 Å². The molecule has 0 aliphatic heterocycles. The number of hydrogen-bond donors (Lipinski definition) is 2. The molecule has 0 aromatic carbocycles. The molecule has 0 aliphatic rings. The molecule has 0 bridgehead atoms. The van der Waals surface area contributed by atoms with Crippen molar-refractivity contribution in [3.05, 3.63) is 15.9 Å². The standard InChI is InChI=1S/C14H25BrN4O/c1-5-8-17-14(4,13(16)20)7-6-9-19-11(3)12(15)10(2)18-19/h17H,5-9H2,1-4H3,(H2,16,20). The summed E-state index contributed by atoms with van der Waals surface area (Å²) >= 11 is 3.52. The van der Waals surface area contributed by atoms with Crippen LogP contribution in [0.15, 0.2) is 4.47 Å². The molecule has 0 saturated carbocycles. The van der Waals surface area contributed by atoms with Gasteiger partial charge in [0.1, 0.15) is 0 Å². The number of rotatable bonds is 8. The maximum atomic E-state index is 11.6. The Kier molecular flexibility index (Phi) is 6.20. The van der Waals surface area contributed by atoms with Crippen LogP contribution in [0.25, 0.3) is 0 Å². The normalized spacial score (nSPS) is 14.2. The summed E-state index contributed by atoms with van der Waals surface area (Å²) in [6, 6.07) is 0. The molecular formula is C14H25BrN4O. The highest BCUT2D eigenvalue weighted by Crippen LogP contribution is 2.21. The highest BCUT2D eigenvalue weighted by molar-refractivity contribution is 9.10. The van der Waals surface area contributed by atoms with Crippen molar-refractivity contribution in [2.75, 3.05) is 6.54 Å². The molecule has 0 radical (unpaired) electrons. The number of hydrogen-bond acceptors (Lipinski definition) is 3. The Hall–Kier alpha value is -0.880. The van der Waals surface area contributed by atoms with E-state index < -0.39 is 5.54 Å². The molecular weight excluding hydrogens is 320 g/mol. The zero-order valence-electron chi connectivity index (χ0n) is 12.8. The Balaban J connectivity index is 2.60. The number of carbonyl (C=O) groups excluding carboxylic acids is 1. The fourth-order valence-electron chi connectivity index (χ4n) is 2.17. The number of nitrogens with zero attached hydrogens (tertiary/aromatic N) is 2. The Morgan fingerprint density at radius 1 is 1.50 bits per heavy atom. The van der Waals surface area contributed by atoms with Crippen LogP contribution in [0, 0.1) is 13.8 Å². The molecule has 114 valence electrons. The minimum atomic E-state index is -0.636. The van der Waals surface area contributed by atoms with Gasteiger partial charge in [-0.05, 0) is 62.5 Å². The van der Waals surface area contributed by atoms with Gasteiger partial charge in [-0.15, -0.1) is 0 Å². The number of aryl methyl sites for hydroxylation is 2. The molecule has 0 saturated heterocycles. The van der Waals surface area contributed by atoms with E-state index in [0.29, 0.717) is 6.42 Å². The van der Waals surface area contributed by atoms with Crippen LogP contribution >= 0.6 is 15.9 Å². The molecule has 0 fully saturated rings. The van der Waals surface area contributed by atoms with Crippen molar-refractivity contribution in [3.8, 4) is 0 Å². The third-order valence-electron chi connectivity index (χ3n) is 3.65. The van der Waals surface area contributed by atoms with Crippen molar-refractivity contribution in [2.24, 2.45) is 5.73 Å². The number of halogens is 1. The SMILES string of the molecule is CCCNC(C)(CCCn1nc(C)c(Br)c1C)C(N)=O. The first-order valence-corrected chi connectivity index (χ1v) is 7.85. The van der Waals surface area contributed by atoms with Crippen molar-refractivity contribution < 1.29 is 4.79 Å². The van der Waals surface area contributed by atoms with E-state index in [9.17, 15) is 4.79 Å². The second kappa shape index (κ2) is 7.22. The molecule has 3 N–H and O–H groups in total. The minimum Gasteiger partial charge on any atom is -0.368 e. The Bertz CT molecular complexity index is 472. The van der Waals surface area contributed by atoms with Crippen LogP contribution in [-0.2, 0) is 11.3 Å². The molecule has 5 nitrogen and oxygen atoms in total. The molecule has 1 heterocycles. The predicted molar refractivity (Wildman–Crippen MR) is 84.5 cm³/mol. The summed E-state index contributed by atoms with van der Waals surface area (Å²) in [4.78, 5) is 11.6. The number of primary amides is 1. The zero-order valence-corrected chi connectivity index (χ0v) is 14.4. The van der Waals surface area contributed by atoms with Crippen LogP contribution < -0.4 is 11.1 Å². The smallest absolute Gasteiger partial charge is 0.237 e. The average molecular weight is 345 g/mol. The molecule has 1 aromatic heterocycles. The van der Waals surface area contributed by atoms with Gasteiger partial charge in [-0.2, -0.15) is 5.10 Å². The van der Waals surface area contributed by atoms with E-state index in [0.717, 1.165) is 41.8 Å². The molecule has 1 amide bonds. The van der Waals surface area contributed by atoms with Crippen LogP contribution in [0.4, 0.5) is 0 Å². The first-order valence-electron chi connectivity index (χ1n) is 7.06. The van der Waals surface area contributed by atoms with Crippen LogP contribution in [-0.4, -0.2) is 27.8 Å². The lowest BCUT2D eigenvalue weighted by Gasteiger charge is -2.27. The van der Waals surface area contributed by atoms with Gasteiger partial charge in [0.05, 0.1) is 15.7 Å². The predicted octanol–water partition coefficient (Wildman–Crippen LogP) is 2.29. The Labute approximate surface area is 129 Å². The number of amides is 1. The number of nitrogens with two attached hydrogens (primary N) is 1. The minimum absolute atomic E-state index is 0.291. The van der Waals surface area contributed by atoms with Gasteiger partial charge in [0.15, 0.2) is 0 Å².